The van der Waals surface area contributed by atoms with Crippen LogP contribution in [0.5, 0.6) is 0 Å². The fourth-order valence-corrected chi connectivity index (χ4v) is 4.91. The first kappa shape index (κ1) is 40.4. The van der Waals surface area contributed by atoms with Crippen LogP contribution in [-0.4, -0.2) is 72.1 Å². The van der Waals surface area contributed by atoms with Crippen molar-refractivity contribution in [2.24, 2.45) is 13.0 Å². The number of nitrogens with zero attached hydrogens (tertiary/aromatic N) is 3. The first-order valence-electron chi connectivity index (χ1n) is 16.9. The van der Waals surface area contributed by atoms with Crippen LogP contribution in [0.4, 0.5) is 9.59 Å². The largest absolute Gasteiger partial charge is 0.449 e. The zero-order chi connectivity index (χ0) is 35.7. The van der Waals surface area contributed by atoms with E-state index < -0.39 is 12.1 Å². The number of piperazine rings is 1. The van der Waals surface area contributed by atoms with E-state index in [4.69, 9.17) is 21.1 Å². The minimum absolute atomic E-state index is 0.200. The van der Waals surface area contributed by atoms with E-state index in [1.54, 1.807) is 17.4 Å². The highest BCUT2D eigenvalue weighted by Gasteiger charge is 2.27. The molecular weight excluding hydrogens is 628 g/mol. The number of benzene rings is 1. The normalized spacial score (nSPS) is 15.4. The summed E-state index contributed by atoms with van der Waals surface area (Å²) in [7, 11) is 3.77. The van der Waals surface area contributed by atoms with Gasteiger partial charge in [0.25, 0.3) is 0 Å². The molecule has 48 heavy (non-hydrogen) atoms. The fraction of sp³-hybridized carbons (Fsp3) is 0.541. The van der Waals surface area contributed by atoms with Crippen molar-refractivity contribution in [3.8, 4) is 0 Å². The minimum Gasteiger partial charge on any atom is -0.449 e. The van der Waals surface area contributed by atoms with Crippen LogP contribution in [0.3, 0.4) is 0 Å². The number of nitrogens with one attached hydrogen (secondary N) is 3. The third-order valence-corrected chi connectivity index (χ3v) is 7.76. The Kier molecular flexibility index (Phi) is 17.3. The second kappa shape index (κ2) is 20.6. The third kappa shape index (κ3) is 14.6. The van der Waals surface area contributed by atoms with Crippen molar-refractivity contribution in [1.29, 1.82) is 0 Å². The Bertz CT molecular complexity index is 1370. The number of rotatable bonds is 11. The molecule has 3 N–H and O–H groups in total. The predicted octanol–water partition coefficient (Wildman–Crippen LogP) is 7.43. The number of alkyl carbamates (subject to hydrolysis) is 1. The van der Waals surface area contributed by atoms with Gasteiger partial charge in [-0.15, -0.1) is 0 Å². The minimum atomic E-state index is -0.489. The van der Waals surface area contributed by atoms with E-state index in [9.17, 15) is 9.59 Å². The summed E-state index contributed by atoms with van der Waals surface area (Å²) in [5.41, 5.74) is 4.49. The average Bonchev–Trinajstić information content (AvgIpc) is 3.80. The topological polar surface area (TPSA) is 110 Å². The summed E-state index contributed by atoms with van der Waals surface area (Å²) in [4.78, 5) is 30.0. The molecule has 1 atom stereocenters. The number of imidazole rings is 1. The van der Waals surface area contributed by atoms with Crippen LogP contribution in [-0.2, 0) is 22.9 Å². The summed E-state index contributed by atoms with van der Waals surface area (Å²) >= 11 is 6.37. The van der Waals surface area contributed by atoms with Crippen molar-refractivity contribution in [2.45, 2.75) is 78.9 Å². The second-order valence-electron chi connectivity index (χ2n) is 12.8. The molecule has 0 bridgehead atoms. The maximum Gasteiger partial charge on any atom is 0.410 e. The summed E-state index contributed by atoms with van der Waals surface area (Å²) in [6, 6.07) is 5.35. The van der Waals surface area contributed by atoms with E-state index in [1.165, 1.54) is 5.57 Å². The molecule has 1 saturated heterocycles. The maximum atomic E-state index is 12.6. The molecule has 10 nitrogen and oxygen atoms in total. The van der Waals surface area contributed by atoms with Gasteiger partial charge >= 0.3 is 12.2 Å². The molecule has 2 heterocycles. The number of allylic oxidation sites excluding steroid dienone is 3. The smallest absolute Gasteiger partial charge is 0.410 e. The van der Waals surface area contributed by atoms with Gasteiger partial charge in [0.1, 0.15) is 5.60 Å². The molecule has 2 fully saturated rings. The molecule has 266 valence electrons. The lowest BCUT2D eigenvalue weighted by Gasteiger charge is -2.30. The Morgan fingerprint density at radius 1 is 1.21 bits per heavy atom. The maximum absolute atomic E-state index is 12.6. The molecule has 0 spiro atoms. The van der Waals surface area contributed by atoms with Gasteiger partial charge in [0.2, 0.25) is 0 Å². The zero-order valence-corrected chi connectivity index (χ0v) is 31.0. The standard InChI is InChI=1S/C26H33ClN4O2.C9H18N2O2.C2H6/c1-18(6-5-13-28-3)7-10-21-11-12-22(27)14-23(21)19(2)25(24-15-29-17-31(24)4)30-26(32)33-16-20-8-9-20;1-9(2,3)13-8(12)11-6-4-10-5-7-11;1-2/h5-6,11-15,17,20,25,28H,2,7-10,16H2,1,3-4H3,(H,30,32);10H,4-7H2,1-3H3;1-2H3/b13-5-,18-6-;;/t25-;;/m1../s1. The fourth-order valence-electron chi connectivity index (χ4n) is 4.74. The number of hydrogen-bond donors (Lipinski definition) is 3. The number of aryl methyl sites for hydroxylation is 2. The lowest BCUT2D eigenvalue weighted by Crippen LogP contribution is -2.48. The van der Waals surface area contributed by atoms with Crippen LogP contribution in [0.15, 0.2) is 61.2 Å². The molecule has 2 aromatic rings. The molecule has 4 rings (SSSR count). The zero-order valence-electron chi connectivity index (χ0n) is 30.2. The first-order chi connectivity index (χ1) is 22.9. The van der Waals surface area contributed by atoms with Gasteiger partial charge in [-0.25, -0.2) is 14.6 Å². The van der Waals surface area contributed by atoms with Crippen LogP contribution in [0.1, 0.15) is 83.7 Å². The lowest BCUT2D eigenvalue weighted by atomic mass is 9.91. The molecular formula is C37H57ClN6O4. The quantitative estimate of drug-likeness (QED) is 0.211. The van der Waals surface area contributed by atoms with E-state index >= 15 is 0 Å². The molecule has 2 amide bonds. The van der Waals surface area contributed by atoms with Crippen LogP contribution >= 0.6 is 11.6 Å². The van der Waals surface area contributed by atoms with Crippen LogP contribution < -0.4 is 16.0 Å². The van der Waals surface area contributed by atoms with Gasteiger partial charge in [-0.1, -0.05) is 49.7 Å². The molecule has 1 saturated carbocycles. The first-order valence-corrected chi connectivity index (χ1v) is 17.3. The SMILES string of the molecule is C=C(c1cc(Cl)ccc1CC/C(C)=C\C=C/NC)[C@@H](NC(=O)OCC1CC1)c1cncn1C.CC.CC(C)(C)OC(=O)N1CCNCC1. The van der Waals surface area contributed by atoms with Gasteiger partial charge in [-0.2, -0.15) is 0 Å². The van der Waals surface area contributed by atoms with Gasteiger partial charge in [0.05, 0.1) is 30.9 Å². The summed E-state index contributed by atoms with van der Waals surface area (Å²) < 4.78 is 12.5. The molecule has 1 aromatic heterocycles. The van der Waals surface area contributed by atoms with Crippen molar-refractivity contribution in [3.05, 3.63) is 83.1 Å². The highest BCUT2D eigenvalue weighted by molar-refractivity contribution is 6.30. The summed E-state index contributed by atoms with van der Waals surface area (Å²) in [5, 5.41) is 9.79. The molecule has 1 aromatic carbocycles. The predicted molar refractivity (Wildman–Crippen MR) is 196 cm³/mol. The Labute approximate surface area is 293 Å². The summed E-state index contributed by atoms with van der Waals surface area (Å²) in [6.07, 6.45) is 12.7. The number of halogens is 1. The summed E-state index contributed by atoms with van der Waals surface area (Å²) in [6.45, 7) is 19.8. The van der Waals surface area contributed by atoms with Crippen LogP contribution in [0.25, 0.3) is 5.57 Å². The summed E-state index contributed by atoms with van der Waals surface area (Å²) in [5.74, 6) is 0.493. The van der Waals surface area contributed by atoms with Crippen molar-refractivity contribution < 1.29 is 19.1 Å². The lowest BCUT2D eigenvalue weighted by molar-refractivity contribution is 0.0229. The van der Waals surface area contributed by atoms with E-state index in [0.29, 0.717) is 17.5 Å². The number of aromatic nitrogens is 2. The number of hydrogen-bond acceptors (Lipinski definition) is 7. The van der Waals surface area contributed by atoms with Crippen molar-refractivity contribution >= 4 is 29.4 Å². The molecule has 1 aliphatic carbocycles. The molecule has 1 aliphatic heterocycles. The molecule has 0 unspecified atom stereocenters. The van der Waals surface area contributed by atoms with Gasteiger partial charge in [-0.05, 0) is 100 Å². The number of carbonyl (C=O) groups excluding carboxylic acids is 2. The van der Waals surface area contributed by atoms with Crippen molar-refractivity contribution in [2.75, 3.05) is 39.8 Å². The Morgan fingerprint density at radius 3 is 2.48 bits per heavy atom. The van der Waals surface area contributed by atoms with Crippen LogP contribution in [0.2, 0.25) is 5.02 Å². The van der Waals surface area contributed by atoms with Gasteiger partial charge in [0.15, 0.2) is 0 Å². The number of amides is 2. The Balaban J connectivity index is 0.000000445. The third-order valence-electron chi connectivity index (χ3n) is 7.53. The Morgan fingerprint density at radius 2 is 1.90 bits per heavy atom. The molecule has 0 radical (unpaired) electrons. The number of ether oxygens (including phenoxy) is 2. The monoisotopic (exact) mass is 684 g/mol. The highest BCUT2D eigenvalue weighted by Crippen LogP contribution is 2.34. The van der Waals surface area contributed by atoms with Crippen molar-refractivity contribution in [1.82, 2.24) is 30.4 Å². The second-order valence-corrected chi connectivity index (χ2v) is 13.2. The number of carbonyl (C=O) groups is 2. The van der Waals surface area contributed by atoms with Gasteiger partial charge < -0.3 is 34.9 Å². The molecule has 2 aliphatic rings. The van der Waals surface area contributed by atoms with E-state index in [1.807, 2.05) is 83.8 Å². The van der Waals surface area contributed by atoms with E-state index in [-0.39, 0.29) is 11.7 Å². The van der Waals surface area contributed by atoms with Crippen LogP contribution in [0, 0.1) is 5.92 Å². The Hall–Kier alpha value is -3.76. The average molecular weight is 685 g/mol. The van der Waals surface area contributed by atoms with Gasteiger partial charge in [-0.3, -0.25) is 0 Å². The molecule has 11 heteroatoms. The van der Waals surface area contributed by atoms with Crippen molar-refractivity contribution in [3.63, 3.8) is 0 Å². The highest BCUT2D eigenvalue weighted by atomic mass is 35.5. The van der Waals surface area contributed by atoms with Gasteiger partial charge in [0, 0.05) is 45.3 Å². The van der Waals surface area contributed by atoms with E-state index in [0.717, 1.165) is 74.3 Å². The van der Waals surface area contributed by atoms with E-state index in [2.05, 4.69) is 40.5 Å².